The van der Waals surface area contributed by atoms with E-state index in [0.717, 1.165) is 29.8 Å². The maximum absolute atomic E-state index is 13.2. The molecule has 0 radical (unpaired) electrons. The number of carbonyl (C=O) groups excluding carboxylic acids is 2. The first kappa shape index (κ1) is 18.6. The Kier molecular flexibility index (Phi) is 5.34. The highest BCUT2D eigenvalue weighted by Crippen LogP contribution is 2.27. The van der Waals surface area contributed by atoms with Gasteiger partial charge in [-0.1, -0.05) is 31.2 Å². The van der Waals surface area contributed by atoms with E-state index in [9.17, 15) is 9.59 Å². The third-order valence-electron chi connectivity index (χ3n) is 5.02. The number of likely N-dealkylation sites (tertiary alicyclic amines) is 1. The average molecular weight is 395 g/mol. The number of hydrogen-bond donors (Lipinski definition) is 0. The lowest BCUT2D eigenvalue weighted by Gasteiger charge is -2.33. The molecule has 1 amide bonds. The van der Waals surface area contributed by atoms with Crippen molar-refractivity contribution >= 4 is 23.0 Å². The first-order valence-corrected chi connectivity index (χ1v) is 10.5. The van der Waals surface area contributed by atoms with E-state index in [1.165, 1.54) is 0 Å². The quantitative estimate of drug-likeness (QED) is 0.657. The lowest BCUT2D eigenvalue weighted by atomic mass is 9.97. The SMILES string of the molecule is CCC(=O)C1CCCCN1C(=O)c1nc(-c2cccs2)n(-c2ccccc2)n1. The zero-order chi connectivity index (χ0) is 19.5. The van der Waals surface area contributed by atoms with E-state index in [1.807, 2.05) is 54.8 Å². The van der Waals surface area contributed by atoms with E-state index in [2.05, 4.69) is 10.1 Å². The fraction of sp³-hybridized carbons (Fsp3) is 0.333. The van der Waals surface area contributed by atoms with Crippen LogP contribution in [0.5, 0.6) is 0 Å². The molecule has 2 aromatic heterocycles. The van der Waals surface area contributed by atoms with Gasteiger partial charge in [0.25, 0.3) is 5.91 Å². The monoisotopic (exact) mass is 394 g/mol. The van der Waals surface area contributed by atoms with E-state index in [1.54, 1.807) is 20.9 Å². The molecule has 144 valence electrons. The fourth-order valence-electron chi connectivity index (χ4n) is 3.59. The van der Waals surface area contributed by atoms with Gasteiger partial charge in [-0.05, 0) is 42.8 Å². The van der Waals surface area contributed by atoms with Gasteiger partial charge in [0.2, 0.25) is 5.82 Å². The Morgan fingerprint density at radius 1 is 1.14 bits per heavy atom. The largest absolute Gasteiger partial charge is 0.326 e. The van der Waals surface area contributed by atoms with Crippen molar-refractivity contribution in [3.63, 3.8) is 0 Å². The molecule has 0 N–H and O–H groups in total. The molecule has 1 aliphatic rings. The number of benzene rings is 1. The van der Waals surface area contributed by atoms with Gasteiger partial charge in [0.15, 0.2) is 11.6 Å². The number of piperidine rings is 1. The van der Waals surface area contributed by atoms with Crippen LogP contribution in [0.3, 0.4) is 0 Å². The van der Waals surface area contributed by atoms with Gasteiger partial charge in [-0.2, -0.15) is 0 Å². The van der Waals surface area contributed by atoms with Crippen LogP contribution in [0, 0.1) is 0 Å². The third-order valence-corrected chi connectivity index (χ3v) is 5.89. The minimum absolute atomic E-state index is 0.106. The highest BCUT2D eigenvalue weighted by molar-refractivity contribution is 7.13. The number of ketones is 1. The molecule has 0 aliphatic carbocycles. The van der Waals surface area contributed by atoms with Crippen molar-refractivity contribution in [2.75, 3.05) is 6.54 Å². The normalized spacial score (nSPS) is 16.9. The zero-order valence-corrected chi connectivity index (χ0v) is 16.6. The van der Waals surface area contributed by atoms with Crippen LogP contribution in [0.25, 0.3) is 16.4 Å². The molecule has 4 rings (SSSR count). The molecule has 1 atom stereocenters. The van der Waals surface area contributed by atoms with Crippen LogP contribution in [0.1, 0.15) is 43.2 Å². The summed E-state index contributed by atoms with van der Waals surface area (Å²) in [6, 6.07) is 13.2. The third kappa shape index (κ3) is 3.49. The number of Topliss-reactive ketones (excluding diaryl/α,β-unsaturated/α-hetero) is 1. The molecule has 0 spiro atoms. The number of nitrogens with zero attached hydrogens (tertiary/aromatic N) is 4. The summed E-state index contributed by atoms with van der Waals surface area (Å²) < 4.78 is 1.71. The number of thiophene rings is 1. The summed E-state index contributed by atoms with van der Waals surface area (Å²) in [6.07, 6.45) is 3.01. The molecule has 3 heterocycles. The van der Waals surface area contributed by atoms with Crippen molar-refractivity contribution in [3.05, 3.63) is 53.7 Å². The van der Waals surface area contributed by atoms with Crippen LogP contribution in [-0.2, 0) is 4.79 Å². The van der Waals surface area contributed by atoms with Crippen molar-refractivity contribution in [1.29, 1.82) is 0 Å². The van der Waals surface area contributed by atoms with Crippen molar-refractivity contribution in [2.24, 2.45) is 0 Å². The van der Waals surface area contributed by atoms with Gasteiger partial charge < -0.3 is 4.90 Å². The van der Waals surface area contributed by atoms with Crippen molar-refractivity contribution in [2.45, 2.75) is 38.6 Å². The smallest absolute Gasteiger partial charge is 0.294 e. The van der Waals surface area contributed by atoms with Crippen LogP contribution in [0.15, 0.2) is 47.8 Å². The predicted molar refractivity (Wildman–Crippen MR) is 109 cm³/mol. The summed E-state index contributed by atoms with van der Waals surface area (Å²) in [4.78, 5) is 32.8. The van der Waals surface area contributed by atoms with E-state index in [-0.39, 0.29) is 23.6 Å². The van der Waals surface area contributed by atoms with Gasteiger partial charge >= 0.3 is 0 Å². The molecule has 0 bridgehead atoms. The van der Waals surface area contributed by atoms with Gasteiger partial charge in [0, 0.05) is 13.0 Å². The molecule has 1 saturated heterocycles. The van der Waals surface area contributed by atoms with Crippen molar-refractivity contribution in [3.8, 4) is 16.4 Å². The van der Waals surface area contributed by atoms with Crippen LogP contribution in [-0.4, -0.2) is 43.9 Å². The first-order valence-electron chi connectivity index (χ1n) is 9.59. The number of carbonyl (C=O) groups is 2. The van der Waals surface area contributed by atoms with Crippen LogP contribution in [0.4, 0.5) is 0 Å². The molecule has 0 saturated carbocycles. The second kappa shape index (κ2) is 8.06. The molecule has 28 heavy (non-hydrogen) atoms. The second-order valence-corrected chi connectivity index (χ2v) is 7.76. The maximum atomic E-state index is 13.2. The van der Waals surface area contributed by atoms with Gasteiger partial charge in [-0.15, -0.1) is 16.4 Å². The number of amides is 1. The van der Waals surface area contributed by atoms with Gasteiger partial charge in [-0.3, -0.25) is 9.59 Å². The van der Waals surface area contributed by atoms with Crippen molar-refractivity contribution < 1.29 is 9.59 Å². The number of rotatable bonds is 5. The number of aromatic nitrogens is 3. The second-order valence-electron chi connectivity index (χ2n) is 6.81. The minimum atomic E-state index is -0.361. The first-order chi connectivity index (χ1) is 13.7. The molecular weight excluding hydrogens is 372 g/mol. The maximum Gasteiger partial charge on any atom is 0.294 e. The molecular formula is C21H22N4O2S. The van der Waals surface area contributed by atoms with Crippen LogP contribution < -0.4 is 0 Å². The van der Waals surface area contributed by atoms with Crippen molar-refractivity contribution in [1.82, 2.24) is 19.7 Å². The minimum Gasteiger partial charge on any atom is -0.326 e. The average Bonchev–Trinajstić information content (AvgIpc) is 3.43. The Morgan fingerprint density at radius 3 is 2.68 bits per heavy atom. The Morgan fingerprint density at radius 2 is 1.96 bits per heavy atom. The Hall–Kier alpha value is -2.80. The molecule has 1 unspecified atom stereocenters. The summed E-state index contributed by atoms with van der Waals surface area (Å²) in [5, 5.41) is 6.51. The van der Waals surface area contributed by atoms with E-state index in [4.69, 9.17) is 0 Å². The lowest BCUT2D eigenvalue weighted by molar-refractivity contribution is -0.124. The highest BCUT2D eigenvalue weighted by Gasteiger charge is 2.34. The molecule has 3 aromatic rings. The molecule has 1 aliphatic heterocycles. The van der Waals surface area contributed by atoms with Gasteiger partial charge in [-0.25, -0.2) is 9.67 Å². The molecule has 6 nitrogen and oxygen atoms in total. The van der Waals surface area contributed by atoms with Gasteiger partial charge in [0.05, 0.1) is 16.6 Å². The predicted octanol–water partition coefficient (Wildman–Crippen LogP) is 3.97. The Labute approximate surface area is 167 Å². The Bertz CT molecular complexity index is 966. The van der Waals surface area contributed by atoms with Crippen LogP contribution >= 0.6 is 11.3 Å². The van der Waals surface area contributed by atoms with Crippen LogP contribution in [0.2, 0.25) is 0 Å². The van der Waals surface area contributed by atoms with E-state index < -0.39 is 0 Å². The highest BCUT2D eigenvalue weighted by atomic mass is 32.1. The summed E-state index contributed by atoms with van der Waals surface area (Å²) in [7, 11) is 0. The lowest BCUT2D eigenvalue weighted by Crippen LogP contribution is -2.48. The number of hydrogen-bond acceptors (Lipinski definition) is 5. The van der Waals surface area contributed by atoms with E-state index >= 15 is 0 Å². The fourth-order valence-corrected chi connectivity index (χ4v) is 4.29. The summed E-state index contributed by atoms with van der Waals surface area (Å²) in [5.41, 5.74) is 0.845. The Balaban J connectivity index is 1.74. The molecule has 1 aromatic carbocycles. The van der Waals surface area contributed by atoms with E-state index in [0.29, 0.717) is 18.8 Å². The number of para-hydroxylation sites is 1. The summed E-state index contributed by atoms with van der Waals surface area (Å²) in [6.45, 7) is 2.42. The molecule has 1 fully saturated rings. The zero-order valence-electron chi connectivity index (χ0n) is 15.7. The molecule has 7 heteroatoms. The standard InChI is InChI=1S/C21H22N4O2S/c1-2-17(26)16-11-6-7-13-24(16)21(27)19-22-20(18-12-8-14-28-18)25(23-19)15-9-4-3-5-10-15/h3-5,8-10,12,14,16H,2,6-7,11,13H2,1H3. The summed E-state index contributed by atoms with van der Waals surface area (Å²) >= 11 is 1.55. The van der Waals surface area contributed by atoms with Gasteiger partial charge in [0.1, 0.15) is 0 Å². The topological polar surface area (TPSA) is 68.1 Å². The summed E-state index contributed by atoms with van der Waals surface area (Å²) in [5.74, 6) is 0.621.